The van der Waals surface area contributed by atoms with E-state index in [0.29, 0.717) is 0 Å². The van der Waals surface area contributed by atoms with E-state index in [0.717, 1.165) is 0 Å². The number of anilines is 1. The van der Waals surface area contributed by atoms with Crippen molar-refractivity contribution in [3.63, 3.8) is 0 Å². The lowest BCUT2D eigenvalue weighted by Crippen LogP contribution is -2.12. The molecule has 1 aromatic heterocycles. The van der Waals surface area contributed by atoms with Crippen LogP contribution in [-0.2, 0) is 0 Å². The molecule has 1 rings (SSSR count). The molecule has 0 aliphatic carbocycles. The number of ether oxygens (including phenoxy) is 1. The summed E-state index contributed by atoms with van der Waals surface area (Å²) >= 11 is 5.64. The Morgan fingerprint density at radius 2 is 2.29 bits per heavy atom. The molecule has 0 atom stereocenters. The van der Waals surface area contributed by atoms with Crippen molar-refractivity contribution >= 4 is 17.4 Å². The predicted molar refractivity (Wildman–Crippen MR) is 48.1 cm³/mol. The zero-order valence-corrected chi connectivity index (χ0v) is 8.05. The van der Waals surface area contributed by atoms with Crippen molar-refractivity contribution in [2.75, 3.05) is 19.0 Å². The molecule has 0 spiro atoms. The largest absolute Gasteiger partial charge is 0.490 e. The van der Waals surface area contributed by atoms with Gasteiger partial charge in [0.05, 0.1) is 13.7 Å². The van der Waals surface area contributed by atoms with Crippen LogP contribution >= 0.6 is 11.6 Å². The van der Waals surface area contributed by atoms with E-state index >= 15 is 0 Å². The monoisotopic (exact) mass is 223 g/mol. The summed E-state index contributed by atoms with van der Waals surface area (Å²) < 4.78 is 28.6. The van der Waals surface area contributed by atoms with Gasteiger partial charge in [0.2, 0.25) is 0 Å². The Kier molecular flexibility index (Phi) is 3.82. The zero-order chi connectivity index (χ0) is 10.6. The van der Waals surface area contributed by atoms with Crippen molar-refractivity contribution < 1.29 is 13.5 Å². The zero-order valence-electron chi connectivity index (χ0n) is 7.30. The second-order valence-electron chi connectivity index (χ2n) is 2.32. The highest BCUT2D eigenvalue weighted by molar-refractivity contribution is 6.31. The summed E-state index contributed by atoms with van der Waals surface area (Å²) in [6.45, 7) is -0.510. The van der Waals surface area contributed by atoms with Gasteiger partial charge in [-0.25, -0.2) is 18.7 Å². The van der Waals surface area contributed by atoms with E-state index in [2.05, 4.69) is 15.3 Å². The summed E-state index contributed by atoms with van der Waals surface area (Å²) in [4.78, 5) is 7.36. The smallest absolute Gasteiger partial charge is 0.255 e. The predicted octanol–water partition coefficient (Wildman–Crippen LogP) is 1.82. The van der Waals surface area contributed by atoms with Gasteiger partial charge < -0.3 is 10.1 Å². The first-order chi connectivity index (χ1) is 6.65. The topological polar surface area (TPSA) is 47.0 Å². The average molecular weight is 224 g/mol. The van der Waals surface area contributed by atoms with Crippen LogP contribution in [0.3, 0.4) is 0 Å². The fraction of sp³-hybridized carbons (Fsp3) is 0.429. The Hall–Kier alpha value is -1.17. The quantitative estimate of drug-likeness (QED) is 0.791. The van der Waals surface area contributed by atoms with Crippen LogP contribution in [0.1, 0.15) is 0 Å². The molecule has 0 aliphatic rings. The molecular weight excluding hydrogens is 216 g/mol. The van der Waals surface area contributed by atoms with E-state index < -0.39 is 13.0 Å². The number of methoxy groups -OCH3 is 1. The highest BCUT2D eigenvalue weighted by Crippen LogP contribution is 2.28. The lowest BCUT2D eigenvalue weighted by atomic mass is 10.5. The summed E-state index contributed by atoms with van der Waals surface area (Å²) in [6, 6.07) is 0. The summed E-state index contributed by atoms with van der Waals surface area (Å²) in [6.07, 6.45) is -1.30. The van der Waals surface area contributed by atoms with Crippen molar-refractivity contribution in [1.29, 1.82) is 0 Å². The number of hydrogen-bond acceptors (Lipinski definition) is 4. The third-order valence-electron chi connectivity index (χ3n) is 1.39. The van der Waals surface area contributed by atoms with E-state index in [4.69, 9.17) is 16.3 Å². The normalized spacial score (nSPS) is 10.4. The van der Waals surface area contributed by atoms with Crippen LogP contribution in [0.5, 0.6) is 5.75 Å². The molecule has 1 aromatic rings. The number of nitrogens with zero attached hydrogens (tertiary/aromatic N) is 2. The second kappa shape index (κ2) is 4.90. The van der Waals surface area contributed by atoms with Gasteiger partial charge in [0, 0.05) is 0 Å². The van der Waals surface area contributed by atoms with Crippen molar-refractivity contribution in [1.82, 2.24) is 9.97 Å². The minimum absolute atomic E-state index is 0.0827. The maximum Gasteiger partial charge on any atom is 0.255 e. The molecule has 0 aromatic carbocycles. The molecule has 0 bridgehead atoms. The van der Waals surface area contributed by atoms with Gasteiger partial charge in [0.25, 0.3) is 6.43 Å². The summed E-state index contributed by atoms with van der Waals surface area (Å²) in [7, 11) is 1.36. The number of alkyl halides is 2. The van der Waals surface area contributed by atoms with Crippen LogP contribution in [0.25, 0.3) is 0 Å². The maximum atomic E-state index is 11.9. The van der Waals surface area contributed by atoms with Crippen LogP contribution in [0.2, 0.25) is 5.15 Å². The molecule has 4 nitrogen and oxygen atoms in total. The first kappa shape index (κ1) is 10.9. The molecule has 0 fully saturated rings. The van der Waals surface area contributed by atoms with Gasteiger partial charge in [-0.3, -0.25) is 0 Å². The lowest BCUT2D eigenvalue weighted by Gasteiger charge is -2.09. The lowest BCUT2D eigenvalue weighted by molar-refractivity contribution is 0.163. The van der Waals surface area contributed by atoms with Gasteiger partial charge in [-0.2, -0.15) is 0 Å². The fourth-order valence-electron chi connectivity index (χ4n) is 0.833. The Morgan fingerprint density at radius 3 is 2.86 bits per heavy atom. The average Bonchev–Trinajstić information content (AvgIpc) is 2.14. The Labute approximate surface area is 84.3 Å². The maximum absolute atomic E-state index is 11.9. The van der Waals surface area contributed by atoms with Gasteiger partial charge in [-0.05, 0) is 0 Å². The van der Waals surface area contributed by atoms with E-state index in [-0.39, 0.29) is 16.7 Å². The minimum Gasteiger partial charge on any atom is -0.490 e. The molecule has 14 heavy (non-hydrogen) atoms. The molecule has 0 amide bonds. The summed E-state index contributed by atoms with van der Waals surface area (Å²) in [5.74, 6) is 0.322. The molecule has 78 valence electrons. The standard InChI is InChI=1S/C7H8ClF2N3O/c1-14-5-6(8)12-3-13-7(5)11-2-4(9)10/h3-4H,2H2,1H3,(H,11,12,13). The van der Waals surface area contributed by atoms with Crippen LogP contribution in [0.4, 0.5) is 14.6 Å². The highest BCUT2D eigenvalue weighted by Gasteiger charge is 2.11. The van der Waals surface area contributed by atoms with Crippen LogP contribution in [0.15, 0.2) is 6.33 Å². The first-order valence-corrected chi connectivity index (χ1v) is 4.09. The van der Waals surface area contributed by atoms with Gasteiger partial charge in [0.15, 0.2) is 16.7 Å². The molecule has 0 unspecified atom stereocenters. The molecule has 1 heterocycles. The molecule has 0 saturated carbocycles. The van der Waals surface area contributed by atoms with Gasteiger partial charge in [0.1, 0.15) is 6.33 Å². The number of aromatic nitrogens is 2. The van der Waals surface area contributed by atoms with Crippen molar-refractivity contribution in [2.45, 2.75) is 6.43 Å². The van der Waals surface area contributed by atoms with E-state index in [1.165, 1.54) is 13.4 Å². The Bertz CT molecular complexity index is 311. The van der Waals surface area contributed by atoms with Crippen molar-refractivity contribution in [2.24, 2.45) is 0 Å². The van der Waals surface area contributed by atoms with Gasteiger partial charge >= 0.3 is 0 Å². The Morgan fingerprint density at radius 1 is 1.57 bits per heavy atom. The minimum atomic E-state index is -2.46. The van der Waals surface area contributed by atoms with Crippen LogP contribution in [0, 0.1) is 0 Å². The molecule has 1 N–H and O–H groups in total. The number of rotatable bonds is 4. The molecule has 7 heteroatoms. The molecular formula is C7H8ClF2N3O. The van der Waals surface area contributed by atoms with E-state index in [1.54, 1.807) is 0 Å². The molecule has 0 aliphatic heterocycles. The number of halogens is 3. The van der Waals surface area contributed by atoms with Crippen LogP contribution < -0.4 is 10.1 Å². The molecule has 0 saturated heterocycles. The van der Waals surface area contributed by atoms with Crippen molar-refractivity contribution in [3.05, 3.63) is 11.5 Å². The Balaban J connectivity index is 2.80. The SMILES string of the molecule is COc1c(Cl)ncnc1NCC(F)F. The molecule has 0 radical (unpaired) electrons. The third kappa shape index (κ3) is 2.66. The third-order valence-corrected chi connectivity index (χ3v) is 1.66. The first-order valence-electron chi connectivity index (χ1n) is 3.71. The summed E-state index contributed by atoms with van der Waals surface area (Å²) in [5.41, 5.74) is 0. The highest BCUT2D eigenvalue weighted by atomic mass is 35.5. The van der Waals surface area contributed by atoms with E-state index in [9.17, 15) is 8.78 Å². The fourth-order valence-corrected chi connectivity index (χ4v) is 1.04. The van der Waals surface area contributed by atoms with E-state index in [1.807, 2.05) is 0 Å². The van der Waals surface area contributed by atoms with Crippen molar-refractivity contribution in [3.8, 4) is 5.75 Å². The number of nitrogens with one attached hydrogen (secondary N) is 1. The van der Waals surface area contributed by atoms with Crippen LogP contribution in [-0.4, -0.2) is 30.0 Å². The number of hydrogen-bond donors (Lipinski definition) is 1. The van der Waals surface area contributed by atoms with Gasteiger partial charge in [-0.15, -0.1) is 0 Å². The summed E-state index contributed by atoms with van der Waals surface area (Å²) in [5, 5.41) is 2.48. The van der Waals surface area contributed by atoms with Gasteiger partial charge in [-0.1, -0.05) is 11.6 Å². The second-order valence-corrected chi connectivity index (χ2v) is 2.68.